The molecule has 374 valence electrons. The minimum absolute atomic E-state index is 0.0201. The third kappa shape index (κ3) is 13.0. The molecule has 3 N–H and O–H groups in total. The zero-order valence-electron chi connectivity index (χ0n) is 39.8. The molecule has 2 aromatic heterocycles. The Kier molecular flexibility index (Phi) is 16.2. The summed E-state index contributed by atoms with van der Waals surface area (Å²) in [5.74, 6) is -1.03. The molecular weight excluding hydrogens is 961 g/mol. The maximum atomic E-state index is 14.7. The normalized spacial score (nSPS) is 20.4. The summed E-state index contributed by atoms with van der Waals surface area (Å²) in [6.45, 7) is 9.65. The van der Waals surface area contributed by atoms with E-state index in [0.717, 1.165) is 37.4 Å². The molecule has 19 heteroatoms. The van der Waals surface area contributed by atoms with Gasteiger partial charge in [-0.15, -0.1) is 0 Å². The highest BCUT2D eigenvalue weighted by Gasteiger charge is 2.38. The van der Waals surface area contributed by atoms with Gasteiger partial charge in [-0.3, -0.25) is 24.5 Å². The Labute approximate surface area is 409 Å². The molecule has 4 fully saturated rings. The number of hydrogen-bond donors (Lipinski definition) is 3. The molecule has 2 aromatic carbocycles. The molecule has 0 radical (unpaired) electrons. The number of carbonyl (C=O) groups is 3. The van der Waals surface area contributed by atoms with E-state index in [1.54, 1.807) is 25.4 Å². The second-order valence-corrected chi connectivity index (χ2v) is 20.3. The topological polar surface area (TPSA) is 152 Å². The number of amides is 2. The molecule has 69 heavy (non-hydrogen) atoms. The fourth-order valence-electron chi connectivity index (χ4n) is 9.64. The summed E-state index contributed by atoms with van der Waals surface area (Å²) in [5.41, 5.74) is 6.39. The second-order valence-electron chi connectivity index (χ2n) is 19.4. The number of aromatic nitrogens is 2. The van der Waals surface area contributed by atoms with E-state index in [9.17, 15) is 27.6 Å². The van der Waals surface area contributed by atoms with Crippen molar-refractivity contribution in [2.24, 2.45) is 5.41 Å². The maximum absolute atomic E-state index is 14.7. The van der Waals surface area contributed by atoms with Gasteiger partial charge in [0, 0.05) is 91.7 Å². The van der Waals surface area contributed by atoms with E-state index in [1.165, 1.54) is 22.4 Å². The molecule has 8 rings (SSSR count). The number of fused-ring (bicyclic) bond motifs is 1. The molecule has 0 bridgehead atoms. The van der Waals surface area contributed by atoms with Gasteiger partial charge in [-0.05, 0) is 74.4 Å². The minimum Gasteiger partial charge on any atom is -0.464 e. The molecule has 3 aliphatic heterocycles. The molecule has 3 saturated heterocycles. The first-order valence-electron chi connectivity index (χ1n) is 24.0. The van der Waals surface area contributed by atoms with Gasteiger partial charge in [0.2, 0.25) is 0 Å². The van der Waals surface area contributed by atoms with Gasteiger partial charge in [0.25, 0.3) is 5.91 Å². The third-order valence-electron chi connectivity index (χ3n) is 13.4. The summed E-state index contributed by atoms with van der Waals surface area (Å²) < 4.78 is 69.5. The van der Waals surface area contributed by atoms with Crippen LogP contribution in [0.25, 0.3) is 22.2 Å². The number of methoxy groups -OCH3 is 1. The quantitative estimate of drug-likeness (QED) is 0.0911. The molecule has 15 nitrogen and oxygen atoms in total. The first kappa shape index (κ1) is 50.6. The van der Waals surface area contributed by atoms with E-state index in [-0.39, 0.29) is 38.7 Å². The second kappa shape index (κ2) is 22.1. The summed E-state index contributed by atoms with van der Waals surface area (Å²) in [6, 6.07) is 15.2. The van der Waals surface area contributed by atoms with Crippen LogP contribution in [0.3, 0.4) is 0 Å². The summed E-state index contributed by atoms with van der Waals surface area (Å²) in [5, 5.41) is 7.97. The predicted molar refractivity (Wildman–Crippen MR) is 258 cm³/mol. The van der Waals surface area contributed by atoms with Crippen LogP contribution >= 0.6 is 15.9 Å². The summed E-state index contributed by atoms with van der Waals surface area (Å²) >= 11 is 3.58. The fourth-order valence-corrected chi connectivity index (χ4v) is 10.00. The zero-order chi connectivity index (χ0) is 48.9. The number of hydrogen-bond acceptors (Lipinski definition) is 12. The lowest BCUT2D eigenvalue weighted by Crippen LogP contribution is -2.61. The minimum atomic E-state index is -4.56. The van der Waals surface area contributed by atoms with Gasteiger partial charge in [-0.2, -0.15) is 13.2 Å². The lowest BCUT2D eigenvalue weighted by molar-refractivity contribution is -0.155. The van der Waals surface area contributed by atoms with Crippen LogP contribution in [0.2, 0.25) is 0 Å². The van der Waals surface area contributed by atoms with Crippen LogP contribution in [-0.2, 0) is 48.1 Å². The number of morpholine rings is 1. The number of alkyl carbamates (subject to hydrolysis) is 1. The Hall–Kier alpha value is -4.79. The number of alkyl halides is 3. The molecule has 1 saturated carbocycles. The van der Waals surface area contributed by atoms with Gasteiger partial charge in [-0.1, -0.05) is 60.1 Å². The Balaban J connectivity index is 1.02. The van der Waals surface area contributed by atoms with Crippen molar-refractivity contribution in [2.75, 3.05) is 71.0 Å². The first-order chi connectivity index (χ1) is 33.1. The van der Waals surface area contributed by atoms with Crippen molar-refractivity contribution in [3.8, 4) is 11.3 Å². The van der Waals surface area contributed by atoms with Crippen molar-refractivity contribution in [1.29, 1.82) is 0 Å². The molecule has 4 aromatic rings. The highest BCUT2D eigenvalue weighted by molar-refractivity contribution is 9.10. The number of carbonyl (C=O) groups excluding carboxylic acids is 3. The predicted octanol–water partition coefficient (Wildman–Crippen LogP) is 7.30. The molecule has 2 amide bonds. The Bertz CT molecular complexity index is 2420. The van der Waals surface area contributed by atoms with Crippen molar-refractivity contribution in [3.05, 3.63) is 82.1 Å². The van der Waals surface area contributed by atoms with Crippen LogP contribution in [-0.4, -0.2) is 134 Å². The Morgan fingerprint density at radius 2 is 1.77 bits per heavy atom. The average molecular weight is 1030 g/mol. The van der Waals surface area contributed by atoms with Gasteiger partial charge in [0.15, 0.2) is 0 Å². The van der Waals surface area contributed by atoms with Crippen LogP contribution in [0, 0.1) is 5.41 Å². The zero-order valence-corrected chi connectivity index (χ0v) is 41.4. The highest BCUT2D eigenvalue weighted by Crippen LogP contribution is 2.44. The van der Waals surface area contributed by atoms with Crippen LogP contribution in [0.1, 0.15) is 75.8 Å². The number of hydrazine groups is 1. The Morgan fingerprint density at radius 3 is 2.46 bits per heavy atom. The van der Waals surface area contributed by atoms with E-state index in [4.69, 9.17) is 23.9 Å². The van der Waals surface area contributed by atoms with E-state index in [2.05, 4.69) is 41.8 Å². The highest BCUT2D eigenvalue weighted by atomic mass is 79.9. The lowest BCUT2D eigenvalue weighted by atomic mass is 9.84. The summed E-state index contributed by atoms with van der Waals surface area (Å²) in [6.07, 6.45) is -0.698. The molecule has 5 heterocycles. The van der Waals surface area contributed by atoms with Gasteiger partial charge in [-0.25, -0.2) is 10.2 Å². The van der Waals surface area contributed by atoms with Crippen molar-refractivity contribution in [2.45, 2.75) is 109 Å². The van der Waals surface area contributed by atoms with Crippen molar-refractivity contribution < 1.29 is 46.5 Å². The van der Waals surface area contributed by atoms with E-state index in [0.29, 0.717) is 76.5 Å². The molecule has 4 atom stereocenters. The number of rotatable bonds is 17. The number of ether oxygens (including phenoxy) is 4. The number of halogens is 4. The van der Waals surface area contributed by atoms with Gasteiger partial charge in [0.1, 0.15) is 25.2 Å². The number of esters is 1. The Morgan fingerprint density at radius 1 is 1.00 bits per heavy atom. The van der Waals surface area contributed by atoms with Crippen LogP contribution in [0.4, 0.5) is 23.7 Å². The van der Waals surface area contributed by atoms with Gasteiger partial charge in [0.05, 0.1) is 48.7 Å². The summed E-state index contributed by atoms with van der Waals surface area (Å²) in [7, 11) is 1.56. The smallest absolute Gasteiger partial charge is 0.408 e. The molecule has 4 aliphatic rings. The molecule has 1 aliphatic carbocycles. The van der Waals surface area contributed by atoms with Crippen LogP contribution < -0.4 is 21.0 Å². The molecule has 0 spiro atoms. The first-order valence-corrected chi connectivity index (χ1v) is 24.8. The number of anilines is 1. The molecule has 0 unspecified atom stereocenters. The standard InChI is InChI=1S/C50H64BrF3N8O7/c1-32(66-4)44-39(24-36(27-56-44)60-20-18-59(19-21-60)35-13-14-35)45-40(38-23-34(51)12-15-43(38)61(45)30-50(52,53)54)26-49(2,3)31-69-47(64)41-11-8-17-62(58-41)46(63)42(25-37-28-55-16-22-67-37)57-48(65)68-29-33-9-6-5-7-10-33/h5-7,9-10,12,15,23-24,27,32,35,37,41-42,55,58H,8,11,13-14,16-22,25-26,28-31H2,1-4H3,(H,57,65)/t32-,37-,41-,42-/m0/s1. The average Bonchev–Trinajstić information content (AvgIpc) is 4.16. The van der Waals surface area contributed by atoms with Crippen molar-refractivity contribution >= 4 is 50.5 Å². The van der Waals surface area contributed by atoms with E-state index in [1.807, 2.05) is 63.2 Å². The number of benzene rings is 2. The number of pyridine rings is 1. The number of nitrogens with zero attached hydrogens (tertiary/aromatic N) is 5. The SMILES string of the molecule is CO[C@@H](C)c1ncc(N2CCN(C3CC3)CC2)cc1-c1c(CC(C)(C)COC(=O)[C@@H]2CCCN(C(=O)[C@H](C[C@H]3CNCCO3)NC(=O)OCc3ccccc3)N2)c2cc(Br)ccc2n1CC(F)(F)F. The lowest BCUT2D eigenvalue weighted by Gasteiger charge is -2.36. The van der Waals surface area contributed by atoms with Crippen molar-refractivity contribution in [3.63, 3.8) is 0 Å². The van der Waals surface area contributed by atoms with Crippen LogP contribution in [0.15, 0.2) is 65.3 Å². The van der Waals surface area contributed by atoms with E-state index < -0.39 is 54.3 Å². The van der Waals surface area contributed by atoms with Gasteiger partial charge >= 0.3 is 18.2 Å². The number of nitrogens with one attached hydrogen (secondary N) is 3. The monoisotopic (exact) mass is 1020 g/mol. The van der Waals surface area contributed by atoms with E-state index >= 15 is 0 Å². The third-order valence-corrected chi connectivity index (χ3v) is 13.9. The van der Waals surface area contributed by atoms with Crippen LogP contribution in [0.5, 0.6) is 0 Å². The summed E-state index contributed by atoms with van der Waals surface area (Å²) in [4.78, 5) is 50.8. The van der Waals surface area contributed by atoms with Gasteiger partial charge < -0.3 is 39.0 Å². The fraction of sp³-hybridized carbons (Fsp3) is 0.560. The maximum Gasteiger partial charge on any atom is 0.408 e. The number of piperazine rings is 1. The molecular formula is C50H64BrF3N8O7. The largest absolute Gasteiger partial charge is 0.464 e. The van der Waals surface area contributed by atoms with Crippen molar-refractivity contribution in [1.82, 2.24) is 35.5 Å².